The summed E-state index contributed by atoms with van der Waals surface area (Å²) in [5.74, 6) is 0. The lowest BCUT2D eigenvalue weighted by atomic mass is 9.76. The smallest absolute Gasteiger partial charge is 0.0309 e. The van der Waals surface area contributed by atoms with Gasteiger partial charge in [-0.05, 0) is 45.2 Å². The predicted octanol–water partition coefficient (Wildman–Crippen LogP) is 2.23. The van der Waals surface area contributed by atoms with Gasteiger partial charge in [0.15, 0.2) is 0 Å². The zero-order valence-electron chi connectivity index (χ0n) is 10.4. The minimum atomic E-state index is 0.134. The molecule has 1 unspecified atom stereocenters. The van der Waals surface area contributed by atoms with Crippen molar-refractivity contribution in [3.05, 3.63) is 0 Å². The molecule has 1 rings (SSSR count). The molecule has 0 amide bonds. The van der Waals surface area contributed by atoms with Crippen LogP contribution in [0, 0.1) is 5.41 Å². The lowest BCUT2D eigenvalue weighted by Gasteiger charge is -2.46. The highest BCUT2D eigenvalue weighted by molar-refractivity contribution is 4.98. The average Bonchev–Trinajstić information content (AvgIpc) is 2.53. The first-order chi connectivity index (χ1) is 6.26. The van der Waals surface area contributed by atoms with E-state index in [0.29, 0.717) is 0 Å². The van der Waals surface area contributed by atoms with E-state index in [1.54, 1.807) is 0 Å². The van der Waals surface area contributed by atoms with Crippen molar-refractivity contribution in [3.8, 4) is 0 Å². The van der Waals surface area contributed by atoms with Gasteiger partial charge in [-0.3, -0.25) is 4.90 Å². The van der Waals surface area contributed by atoms with Crippen LogP contribution in [0.25, 0.3) is 0 Å². The normalized spacial score (nSPS) is 22.7. The maximum Gasteiger partial charge on any atom is 0.0309 e. The highest BCUT2D eigenvalue weighted by atomic mass is 15.2. The Labute approximate surface area is 88.8 Å². The third-order valence-corrected chi connectivity index (χ3v) is 3.62. The molecule has 2 N–H and O–H groups in total. The maximum atomic E-state index is 6.37. The summed E-state index contributed by atoms with van der Waals surface area (Å²) in [6, 6.07) is 0.230. The van der Waals surface area contributed by atoms with Crippen LogP contribution in [0.5, 0.6) is 0 Å². The quantitative estimate of drug-likeness (QED) is 0.737. The molecule has 1 aliphatic heterocycles. The lowest BCUT2D eigenvalue weighted by Crippen LogP contribution is -2.60. The predicted molar refractivity (Wildman–Crippen MR) is 62.3 cm³/mol. The first kappa shape index (κ1) is 12.0. The molecule has 1 heterocycles. The van der Waals surface area contributed by atoms with Gasteiger partial charge in [0, 0.05) is 11.6 Å². The van der Waals surface area contributed by atoms with E-state index in [-0.39, 0.29) is 17.0 Å². The Hall–Kier alpha value is -0.0800. The number of nitrogens with zero attached hydrogens (tertiary/aromatic N) is 1. The summed E-state index contributed by atoms with van der Waals surface area (Å²) in [5.41, 5.74) is 6.69. The molecule has 0 radical (unpaired) electrons. The fourth-order valence-electron chi connectivity index (χ4n) is 2.55. The standard InChI is InChI=1S/C12H26N2/c1-11(2,3)10(13)12(4,5)14-8-6-7-9-14/h10H,6-9,13H2,1-5H3. The van der Waals surface area contributed by atoms with E-state index in [2.05, 4.69) is 39.5 Å². The summed E-state index contributed by atoms with van der Waals surface area (Å²) < 4.78 is 0. The zero-order chi connectivity index (χ0) is 11.0. The van der Waals surface area contributed by atoms with Gasteiger partial charge in [-0.15, -0.1) is 0 Å². The van der Waals surface area contributed by atoms with Crippen LogP contribution < -0.4 is 5.73 Å². The summed E-state index contributed by atoms with van der Waals surface area (Å²) in [5, 5.41) is 0. The second-order valence-corrected chi connectivity index (χ2v) is 6.19. The second kappa shape index (κ2) is 3.82. The first-order valence-electron chi connectivity index (χ1n) is 5.77. The van der Waals surface area contributed by atoms with Crippen LogP contribution in [0.1, 0.15) is 47.5 Å². The van der Waals surface area contributed by atoms with Crippen molar-refractivity contribution in [2.24, 2.45) is 11.1 Å². The summed E-state index contributed by atoms with van der Waals surface area (Å²) in [6.07, 6.45) is 2.67. The topological polar surface area (TPSA) is 29.3 Å². The fraction of sp³-hybridized carbons (Fsp3) is 1.00. The molecule has 0 aromatic carbocycles. The molecule has 1 saturated heterocycles. The highest BCUT2D eigenvalue weighted by Crippen LogP contribution is 2.32. The van der Waals surface area contributed by atoms with Crippen LogP contribution in [-0.4, -0.2) is 29.6 Å². The average molecular weight is 198 g/mol. The molecule has 2 heteroatoms. The van der Waals surface area contributed by atoms with Gasteiger partial charge in [-0.1, -0.05) is 20.8 Å². The molecule has 0 saturated carbocycles. The summed E-state index contributed by atoms with van der Waals surface area (Å²) in [7, 11) is 0. The molecule has 0 aliphatic carbocycles. The third kappa shape index (κ3) is 2.29. The summed E-state index contributed by atoms with van der Waals surface area (Å²) in [6.45, 7) is 13.7. The fourth-order valence-corrected chi connectivity index (χ4v) is 2.55. The molecule has 1 atom stereocenters. The van der Waals surface area contributed by atoms with Crippen molar-refractivity contribution in [2.75, 3.05) is 13.1 Å². The Morgan fingerprint density at radius 2 is 1.43 bits per heavy atom. The molecular weight excluding hydrogens is 172 g/mol. The van der Waals surface area contributed by atoms with Gasteiger partial charge in [0.05, 0.1) is 0 Å². The Morgan fingerprint density at radius 3 is 1.79 bits per heavy atom. The van der Waals surface area contributed by atoms with Crippen LogP contribution in [0.4, 0.5) is 0 Å². The molecule has 14 heavy (non-hydrogen) atoms. The molecule has 2 nitrogen and oxygen atoms in total. The van der Waals surface area contributed by atoms with Crippen LogP contribution in [-0.2, 0) is 0 Å². The first-order valence-corrected chi connectivity index (χ1v) is 5.77. The van der Waals surface area contributed by atoms with Gasteiger partial charge in [0.25, 0.3) is 0 Å². The van der Waals surface area contributed by atoms with Crippen molar-refractivity contribution in [3.63, 3.8) is 0 Å². The van der Waals surface area contributed by atoms with E-state index in [1.807, 2.05) is 0 Å². The molecule has 1 fully saturated rings. The van der Waals surface area contributed by atoms with Crippen molar-refractivity contribution < 1.29 is 0 Å². The largest absolute Gasteiger partial charge is 0.326 e. The number of rotatable bonds is 2. The minimum absolute atomic E-state index is 0.134. The molecule has 0 aromatic rings. The molecule has 84 valence electrons. The van der Waals surface area contributed by atoms with Crippen LogP contribution in [0.3, 0.4) is 0 Å². The molecule has 0 spiro atoms. The molecule has 0 aromatic heterocycles. The van der Waals surface area contributed by atoms with E-state index < -0.39 is 0 Å². The summed E-state index contributed by atoms with van der Waals surface area (Å²) in [4.78, 5) is 2.54. The van der Waals surface area contributed by atoms with Crippen molar-refractivity contribution in [1.82, 2.24) is 4.90 Å². The van der Waals surface area contributed by atoms with Crippen molar-refractivity contribution in [1.29, 1.82) is 0 Å². The van der Waals surface area contributed by atoms with Gasteiger partial charge in [-0.25, -0.2) is 0 Å². The highest BCUT2D eigenvalue weighted by Gasteiger charge is 2.40. The van der Waals surface area contributed by atoms with E-state index in [0.717, 1.165) is 0 Å². The Balaban J connectivity index is 2.72. The molecule has 1 aliphatic rings. The SMILES string of the molecule is CC(C)(C)C(N)C(C)(C)N1CCCC1. The van der Waals surface area contributed by atoms with E-state index >= 15 is 0 Å². The number of nitrogens with two attached hydrogens (primary N) is 1. The van der Waals surface area contributed by atoms with Crippen LogP contribution in [0.15, 0.2) is 0 Å². The second-order valence-electron chi connectivity index (χ2n) is 6.19. The number of likely N-dealkylation sites (tertiary alicyclic amines) is 1. The van der Waals surface area contributed by atoms with Crippen molar-refractivity contribution >= 4 is 0 Å². The van der Waals surface area contributed by atoms with Crippen LogP contribution in [0.2, 0.25) is 0 Å². The lowest BCUT2D eigenvalue weighted by molar-refractivity contribution is 0.0736. The minimum Gasteiger partial charge on any atom is -0.326 e. The monoisotopic (exact) mass is 198 g/mol. The van der Waals surface area contributed by atoms with Gasteiger partial charge in [-0.2, -0.15) is 0 Å². The van der Waals surface area contributed by atoms with E-state index in [1.165, 1.54) is 25.9 Å². The van der Waals surface area contributed by atoms with Crippen molar-refractivity contribution in [2.45, 2.75) is 59.0 Å². The Morgan fingerprint density at radius 1 is 1.00 bits per heavy atom. The Bertz CT molecular complexity index is 185. The maximum absolute atomic E-state index is 6.37. The number of hydrogen-bond donors (Lipinski definition) is 1. The Kier molecular flexibility index (Phi) is 3.27. The van der Waals surface area contributed by atoms with E-state index in [4.69, 9.17) is 5.73 Å². The van der Waals surface area contributed by atoms with Gasteiger partial charge in [0.1, 0.15) is 0 Å². The third-order valence-electron chi connectivity index (χ3n) is 3.62. The van der Waals surface area contributed by atoms with Gasteiger partial charge >= 0.3 is 0 Å². The molecular formula is C12H26N2. The van der Waals surface area contributed by atoms with E-state index in [9.17, 15) is 0 Å². The molecule has 0 bridgehead atoms. The number of hydrogen-bond acceptors (Lipinski definition) is 2. The van der Waals surface area contributed by atoms with Gasteiger partial charge in [0.2, 0.25) is 0 Å². The summed E-state index contributed by atoms with van der Waals surface area (Å²) >= 11 is 0. The zero-order valence-corrected chi connectivity index (χ0v) is 10.4. The van der Waals surface area contributed by atoms with Gasteiger partial charge < -0.3 is 5.73 Å². The van der Waals surface area contributed by atoms with Crippen LogP contribution >= 0.6 is 0 Å².